The minimum Gasteiger partial charge on any atom is -0.506 e. The number of phenols is 1. The fourth-order valence-electron chi connectivity index (χ4n) is 0.694. The maximum absolute atomic E-state index is 12.5. The van der Waals surface area contributed by atoms with E-state index in [4.69, 9.17) is 16.7 Å². The lowest BCUT2D eigenvalue weighted by atomic mass is 10.2. The third-order valence-electron chi connectivity index (χ3n) is 1.29. The van der Waals surface area contributed by atoms with Crippen molar-refractivity contribution in [2.24, 2.45) is 0 Å². The van der Waals surface area contributed by atoms with Crippen molar-refractivity contribution in [1.82, 2.24) is 0 Å². The van der Waals surface area contributed by atoms with E-state index in [1.165, 1.54) is 0 Å². The average molecular weight is 193 g/mol. The van der Waals surface area contributed by atoms with Crippen molar-refractivity contribution in [1.29, 1.82) is 0 Å². The van der Waals surface area contributed by atoms with Gasteiger partial charge in [-0.2, -0.15) is 0 Å². The first-order valence-electron chi connectivity index (χ1n) is 2.89. The number of halogens is 3. The quantitative estimate of drug-likeness (QED) is 0.547. The van der Waals surface area contributed by atoms with Gasteiger partial charge in [-0.25, -0.2) is 8.78 Å². The van der Waals surface area contributed by atoms with Crippen molar-refractivity contribution >= 4 is 17.9 Å². The van der Waals surface area contributed by atoms with Gasteiger partial charge in [0.2, 0.25) is 0 Å². The van der Waals surface area contributed by atoms with Gasteiger partial charge in [-0.1, -0.05) is 11.6 Å². The third kappa shape index (κ3) is 1.25. The van der Waals surface area contributed by atoms with E-state index in [9.17, 15) is 13.6 Å². The van der Waals surface area contributed by atoms with E-state index in [1.54, 1.807) is 0 Å². The zero-order valence-corrected chi connectivity index (χ0v) is 6.40. The molecule has 0 aliphatic rings. The van der Waals surface area contributed by atoms with Crippen LogP contribution in [0.4, 0.5) is 8.78 Å². The van der Waals surface area contributed by atoms with Crippen LogP contribution in [-0.2, 0) is 0 Å². The zero-order valence-electron chi connectivity index (χ0n) is 5.64. The van der Waals surface area contributed by atoms with Gasteiger partial charge >= 0.3 is 0 Å². The van der Waals surface area contributed by atoms with Gasteiger partial charge in [0.15, 0.2) is 17.9 Å². The molecule has 0 amide bonds. The molecule has 0 saturated heterocycles. The molecule has 64 valence electrons. The normalized spacial score (nSPS) is 9.92. The number of carbonyl (C=O) groups is 1. The molecule has 0 heterocycles. The molecule has 5 heteroatoms. The molecule has 1 N–H and O–H groups in total. The van der Waals surface area contributed by atoms with Gasteiger partial charge in [0.05, 0.1) is 5.56 Å². The van der Waals surface area contributed by atoms with Crippen LogP contribution in [0.1, 0.15) is 10.4 Å². The summed E-state index contributed by atoms with van der Waals surface area (Å²) in [6, 6.07) is 0.573. The van der Waals surface area contributed by atoms with Crippen LogP contribution < -0.4 is 0 Å². The Morgan fingerprint density at radius 3 is 2.58 bits per heavy atom. The molecule has 0 spiro atoms. The number of carbonyl (C=O) groups excluding carboxylic acids is 1. The molecule has 1 aromatic rings. The highest BCUT2D eigenvalue weighted by molar-refractivity contribution is 6.32. The van der Waals surface area contributed by atoms with Gasteiger partial charge in [-0.15, -0.1) is 0 Å². The number of hydrogen-bond acceptors (Lipinski definition) is 2. The Morgan fingerprint density at radius 2 is 2.08 bits per heavy atom. The predicted octanol–water partition coefficient (Wildman–Crippen LogP) is 2.14. The summed E-state index contributed by atoms with van der Waals surface area (Å²) in [6.07, 6.45) is 0.184. The second kappa shape index (κ2) is 3.06. The van der Waals surface area contributed by atoms with Crippen LogP contribution >= 0.6 is 11.6 Å². The monoisotopic (exact) mass is 192 g/mol. The van der Waals surface area contributed by atoms with Gasteiger partial charge in [0.1, 0.15) is 10.8 Å². The Hall–Kier alpha value is -1.16. The highest BCUT2D eigenvalue weighted by Crippen LogP contribution is 2.30. The molecule has 2 nitrogen and oxygen atoms in total. The highest BCUT2D eigenvalue weighted by Gasteiger charge is 2.15. The van der Waals surface area contributed by atoms with Crippen LogP contribution in [0.3, 0.4) is 0 Å². The van der Waals surface area contributed by atoms with Crippen molar-refractivity contribution in [3.63, 3.8) is 0 Å². The summed E-state index contributed by atoms with van der Waals surface area (Å²) in [5.41, 5.74) is -0.376. The predicted molar refractivity (Wildman–Crippen MR) is 38.4 cm³/mol. The van der Waals surface area contributed by atoms with Crippen LogP contribution in [0.2, 0.25) is 5.02 Å². The molecular formula is C7H3ClF2O2. The van der Waals surface area contributed by atoms with Crippen LogP contribution in [0.5, 0.6) is 5.75 Å². The lowest BCUT2D eigenvalue weighted by Gasteiger charge is -2.01. The van der Waals surface area contributed by atoms with E-state index in [0.717, 1.165) is 0 Å². The maximum atomic E-state index is 12.5. The molecule has 0 fully saturated rings. The maximum Gasteiger partial charge on any atom is 0.181 e. The molecule has 1 rings (SSSR count). The number of aromatic hydroxyl groups is 1. The van der Waals surface area contributed by atoms with Crippen LogP contribution in [0.15, 0.2) is 6.07 Å². The molecule has 0 radical (unpaired) electrons. The molecule has 0 atom stereocenters. The number of benzene rings is 1. The molecule has 0 unspecified atom stereocenters. The molecule has 0 bridgehead atoms. The van der Waals surface area contributed by atoms with Crippen molar-refractivity contribution in [2.45, 2.75) is 0 Å². The minimum atomic E-state index is -1.36. The Labute approximate surface area is 71.4 Å². The van der Waals surface area contributed by atoms with E-state index in [1.807, 2.05) is 0 Å². The SMILES string of the molecule is O=Cc1cc(F)c(F)c(Cl)c1O. The Bertz CT molecular complexity index is 339. The van der Waals surface area contributed by atoms with Gasteiger partial charge in [-0.3, -0.25) is 4.79 Å². The fraction of sp³-hybridized carbons (Fsp3) is 0. The van der Waals surface area contributed by atoms with Crippen molar-refractivity contribution in [3.8, 4) is 5.75 Å². The Morgan fingerprint density at radius 1 is 1.50 bits per heavy atom. The topological polar surface area (TPSA) is 37.3 Å². The first-order valence-corrected chi connectivity index (χ1v) is 3.27. The summed E-state index contributed by atoms with van der Waals surface area (Å²) >= 11 is 5.14. The summed E-state index contributed by atoms with van der Waals surface area (Å²) in [7, 11) is 0. The number of rotatable bonds is 1. The lowest BCUT2D eigenvalue weighted by Crippen LogP contribution is -1.91. The summed E-state index contributed by atoms with van der Waals surface area (Å²) in [5, 5.41) is 8.15. The van der Waals surface area contributed by atoms with Crippen LogP contribution in [-0.4, -0.2) is 11.4 Å². The van der Waals surface area contributed by atoms with Crippen molar-refractivity contribution in [3.05, 3.63) is 28.3 Å². The first-order chi connectivity index (χ1) is 5.57. The van der Waals surface area contributed by atoms with Gasteiger partial charge in [-0.05, 0) is 6.07 Å². The second-order valence-corrected chi connectivity index (χ2v) is 2.42. The average Bonchev–Trinajstić information content (AvgIpc) is 2.08. The number of aldehydes is 1. The molecule has 12 heavy (non-hydrogen) atoms. The standard InChI is InChI=1S/C7H3ClF2O2/c8-5-6(10)4(9)1-3(2-11)7(5)12/h1-2,12H. The lowest BCUT2D eigenvalue weighted by molar-refractivity contribution is 0.112. The van der Waals surface area contributed by atoms with Crippen molar-refractivity contribution in [2.75, 3.05) is 0 Å². The third-order valence-corrected chi connectivity index (χ3v) is 1.64. The van der Waals surface area contributed by atoms with Gasteiger partial charge < -0.3 is 5.11 Å². The second-order valence-electron chi connectivity index (χ2n) is 2.04. The fourth-order valence-corrected chi connectivity index (χ4v) is 0.893. The summed E-state index contributed by atoms with van der Waals surface area (Å²) < 4.78 is 25.0. The zero-order chi connectivity index (χ0) is 9.30. The van der Waals surface area contributed by atoms with Crippen LogP contribution in [0.25, 0.3) is 0 Å². The first kappa shape index (κ1) is 8.93. The van der Waals surface area contributed by atoms with Gasteiger partial charge in [0.25, 0.3) is 0 Å². The summed E-state index contributed by atoms with van der Waals surface area (Å²) in [5.74, 6) is -3.37. The molecule has 0 aliphatic carbocycles. The summed E-state index contributed by atoms with van der Waals surface area (Å²) in [6.45, 7) is 0. The smallest absolute Gasteiger partial charge is 0.181 e. The van der Waals surface area contributed by atoms with Gasteiger partial charge in [0, 0.05) is 0 Å². The minimum absolute atomic E-state index is 0.184. The largest absolute Gasteiger partial charge is 0.506 e. The number of hydrogen-bond donors (Lipinski definition) is 1. The van der Waals surface area contributed by atoms with E-state index < -0.39 is 22.4 Å². The summed E-state index contributed by atoms with van der Waals surface area (Å²) in [4.78, 5) is 10.1. The molecular weight excluding hydrogens is 190 g/mol. The molecule has 0 aliphatic heterocycles. The van der Waals surface area contributed by atoms with Crippen molar-refractivity contribution < 1.29 is 18.7 Å². The molecule has 0 saturated carbocycles. The molecule has 1 aromatic carbocycles. The molecule has 0 aromatic heterocycles. The number of phenolic OH excluding ortho intramolecular Hbond substituents is 1. The Kier molecular flexibility index (Phi) is 2.28. The van der Waals surface area contributed by atoms with E-state index in [0.29, 0.717) is 6.07 Å². The van der Waals surface area contributed by atoms with Crippen LogP contribution in [0, 0.1) is 11.6 Å². The Balaban J connectivity index is 3.49. The highest BCUT2D eigenvalue weighted by atomic mass is 35.5. The van der Waals surface area contributed by atoms with E-state index in [-0.39, 0.29) is 11.8 Å². The van der Waals surface area contributed by atoms with E-state index in [2.05, 4.69) is 0 Å². The van der Waals surface area contributed by atoms with E-state index >= 15 is 0 Å².